The summed E-state index contributed by atoms with van der Waals surface area (Å²) >= 11 is 0. The lowest BCUT2D eigenvalue weighted by molar-refractivity contribution is -0.137. The van der Waals surface area contributed by atoms with Crippen LogP contribution in [0.15, 0.2) is 54.6 Å². The maximum absolute atomic E-state index is 12.5. The summed E-state index contributed by atoms with van der Waals surface area (Å²) in [6.07, 6.45) is -3.47. The molecule has 3 nitrogen and oxygen atoms in total. The molecule has 0 bridgehead atoms. The van der Waals surface area contributed by atoms with Crippen LogP contribution in [0.4, 0.5) is 13.2 Å². The maximum atomic E-state index is 12.5. The largest absolute Gasteiger partial charge is 0.416 e. The van der Waals surface area contributed by atoms with Crippen LogP contribution in [0.25, 0.3) is 0 Å². The van der Waals surface area contributed by atoms with Gasteiger partial charge in [-0.2, -0.15) is 13.2 Å². The summed E-state index contributed by atoms with van der Waals surface area (Å²) in [4.78, 5) is 14.1. The third kappa shape index (κ3) is 6.88. The third-order valence-corrected chi connectivity index (χ3v) is 3.98. The van der Waals surface area contributed by atoms with Crippen LogP contribution in [0.3, 0.4) is 0 Å². The lowest BCUT2D eigenvalue weighted by Crippen LogP contribution is -2.29. The number of hydrogen-bond donors (Lipinski definition) is 1. The predicted molar refractivity (Wildman–Crippen MR) is 95.6 cm³/mol. The van der Waals surface area contributed by atoms with Gasteiger partial charge in [-0.1, -0.05) is 42.5 Å². The molecule has 2 aromatic rings. The van der Waals surface area contributed by atoms with Gasteiger partial charge in [-0.05, 0) is 43.3 Å². The summed E-state index contributed by atoms with van der Waals surface area (Å²) in [5.41, 5.74) is 1.10. The van der Waals surface area contributed by atoms with E-state index in [4.69, 9.17) is 0 Å². The van der Waals surface area contributed by atoms with E-state index in [1.807, 2.05) is 25.2 Å². The summed E-state index contributed by atoms with van der Waals surface area (Å²) in [5.74, 6) is -0.185. The number of nitrogens with zero attached hydrogens (tertiary/aromatic N) is 1. The molecule has 6 heteroatoms. The van der Waals surface area contributed by atoms with Crippen molar-refractivity contribution in [2.24, 2.45) is 0 Å². The minimum absolute atomic E-state index is 0.0813. The summed E-state index contributed by atoms with van der Waals surface area (Å²) in [5, 5.41) is 2.81. The van der Waals surface area contributed by atoms with Crippen LogP contribution in [-0.2, 0) is 23.9 Å². The molecule has 0 aliphatic rings. The van der Waals surface area contributed by atoms with Gasteiger partial charge in [0.25, 0.3) is 0 Å². The van der Waals surface area contributed by atoms with Crippen molar-refractivity contribution in [2.75, 3.05) is 20.1 Å². The van der Waals surface area contributed by atoms with Crippen molar-refractivity contribution < 1.29 is 18.0 Å². The Hall–Kier alpha value is -2.34. The van der Waals surface area contributed by atoms with Gasteiger partial charge in [0.15, 0.2) is 0 Å². The van der Waals surface area contributed by atoms with Gasteiger partial charge in [0, 0.05) is 13.1 Å². The van der Waals surface area contributed by atoms with E-state index >= 15 is 0 Å². The quantitative estimate of drug-likeness (QED) is 0.721. The minimum atomic E-state index is -4.35. The fourth-order valence-corrected chi connectivity index (χ4v) is 2.61. The first-order valence-electron chi connectivity index (χ1n) is 8.50. The van der Waals surface area contributed by atoms with Crippen LogP contribution >= 0.6 is 0 Å². The first kappa shape index (κ1) is 20.0. The van der Waals surface area contributed by atoms with Crippen molar-refractivity contribution in [3.05, 3.63) is 71.3 Å². The second-order valence-electron chi connectivity index (χ2n) is 6.30. The van der Waals surface area contributed by atoms with Crippen LogP contribution in [-0.4, -0.2) is 30.9 Å². The Balaban J connectivity index is 1.66. The fourth-order valence-electron chi connectivity index (χ4n) is 2.61. The molecule has 0 saturated carbocycles. The summed E-state index contributed by atoms with van der Waals surface area (Å²) < 4.78 is 37.5. The van der Waals surface area contributed by atoms with Gasteiger partial charge in [-0.15, -0.1) is 0 Å². The molecule has 1 amide bonds. The second-order valence-corrected chi connectivity index (χ2v) is 6.30. The average Bonchev–Trinajstić information content (AvgIpc) is 2.59. The molecule has 2 aromatic carbocycles. The number of rotatable bonds is 8. The molecule has 0 spiro atoms. The van der Waals surface area contributed by atoms with E-state index in [0.29, 0.717) is 12.1 Å². The highest BCUT2D eigenvalue weighted by atomic mass is 19.4. The Morgan fingerprint density at radius 1 is 1.00 bits per heavy atom. The number of carbonyl (C=O) groups excluding carboxylic acids is 1. The zero-order chi connectivity index (χ0) is 19.0. The molecule has 2 rings (SSSR count). The van der Waals surface area contributed by atoms with Gasteiger partial charge in [-0.3, -0.25) is 4.79 Å². The van der Waals surface area contributed by atoms with Crippen molar-refractivity contribution >= 4 is 5.91 Å². The molecule has 0 fully saturated rings. The number of benzene rings is 2. The second kappa shape index (κ2) is 9.38. The summed E-state index contributed by atoms with van der Waals surface area (Å²) in [6.45, 7) is 2.23. The topological polar surface area (TPSA) is 32.3 Å². The van der Waals surface area contributed by atoms with E-state index in [2.05, 4.69) is 22.3 Å². The Morgan fingerprint density at radius 3 is 2.27 bits per heavy atom. The molecule has 0 aromatic heterocycles. The molecule has 0 aliphatic heterocycles. The molecule has 0 unspecified atom stereocenters. The van der Waals surface area contributed by atoms with Crippen LogP contribution in [0, 0.1) is 0 Å². The summed E-state index contributed by atoms with van der Waals surface area (Å²) in [6, 6.07) is 14.8. The van der Waals surface area contributed by atoms with E-state index in [1.54, 1.807) is 0 Å². The lowest BCUT2D eigenvalue weighted by atomic mass is 10.1. The Bertz CT molecular complexity index is 684. The van der Waals surface area contributed by atoms with Gasteiger partial charge in [-0.25, -0.2) is 0 Å². The third-order valence-electron chi connectivity index (χ3n) is 3.98. The van der Waals surface area contributed by atoms with Crippen molar-refractivity contribution in [2.45, 2.75) is 25.6 Å². The van der Waals surface area contributed by atoms with Gasteiger partial charge in [0.2, 0.25) is 5.91 Å². The van der Waals surface area contributed by atoms with E-state index in [1.165, 1.54) is 17.7 Å². The Morgan fingerprint density at radius 2 is 1.65 bits per heavy atom. The molecule has 0 radical (unpaired) electrons. The monoisotopic (exact) mass is 364 g/mol. The van der Waals surface area contributed by atoms with Crippen LogP contribution in [0.1, 0.15) is 23.1 Å². The smallest absolute Gasteiger partial charge is 0.356 e. The highest BCUT2D eigenvalue weighted by molar-refractivity contribution is 5.78. The van der Waals surface area contributed by atoms with Gasteiger partial charge < -0.3 is 10.2 Å². The number of nitrogens with one attached hydrogen (secondary N) is 1. The fraction of sp³-hybridized carbons (Fsp3) is 0.350. The molecule has 0 aliphatic carbocycles. The molecular weight excluding hydrogens is 341 g/mol. The first-order chi connectivity index (χ1) is 12.3. The highest BCUT2D eigenvalue weighted by Crippen LogP contribution is 2.29. The van der Waals surface area contributed by atoms with Crippen molar-refractivity contribution in [3.8, 4) is 0 Å². The molecule has 140 valence electrons. The number of amides is 1. The number of halogens is 3. The van der Waals surface area contributed by atoms with E-state index in [0.717, 1.165) is 31.6 Å². The van der Waals surface area contributed by atoms with Crippen molar-refractivity contribution in [3.63, 3.8) is 0 Å². The van der Waals surface area contributed by atoms with Crippen LogP contribution < -0.4 is 5.32 Å². The number of carbonyl (C=O) groups is 1. The number of alkyl halides is 3. The van der Waals surface area contributed by atoms with Gasteiger partial charge in [0.05, 0.1) is 12.0 Å². The van der Waals surface area contributed by atoms with Crippen molar-refractivity contribution in [1.82, 2.24) is 10.2 Å². The normalized spacial score (nSPS) is 11.6. The highest BCUT2D eigenvalue weighted by Gasteiger charge is 2.29. The minimum Gasteiger partial charge on any atom is -0.356 e. The molecule has 1 N–H and O–H groups in total. The average molecular weight is 364 g/mol. The maximum Gasteiger partial charge on any atom is 0.416 e. The molecule has 0 atom stereocenters. The van der Waals surface area contributed by atoms with Crippen LogP contribution in [0.2, 0.25) is 0 Å². The Labute approximate surface area is 151 Å². The summed E-state index contributed by atoms with van der Waals surface area (Å²) in [7, 11) is 2.02. The number of hydrogen-bond acceptors (Lipinski definition) is 2. The zero-order valence-electron chi connectivity index (χ0n) is 14.7. The predicted octanol–water partition coefficient (Wildman–Crippen LogP) is 3.89. The molecule has 0 saturated heterocycles. The van der Waals surface area contributed by atoms with E-state index < -0.39 is 11.7 Å². The van der Waals surface area contributed by atoms with E-state index in [-0.39, 0.29) is 12.3 Å². The molecule has 0 heterocycles. The molecule has 26 heavy (non-hydrogen) atoms. The van der Waals surface area contributed by atoms with E-state index in [9.17, 15) is 18.0 Å². The van der Waals surface area contributed by atoms with Crippen LogP contribution in [0.5, 0.6) is 0 Å². The van der Waals surface area contributed by atoms with Crippen molar-refractivity contribution in [1.29, 1.82) is 0 Å². The first-order valence-corrected chi connectivity index (χ1v) is 8.50. The SMILES string of the molecule is CN(CCCNC(=O)Cc1ccc(C(F)(F)F)cc1)Cc1ccccc1. The van der Waals surface area contributed by atoms with Gasteiger partial charge in [0.1, 0.15) is 0 Å². The Kier molecular flexibility index (Phi) is 7.21. The lowest BCUT2D eigenvalue weighted by Gasteiger charge is -2.16. The zero-order valence-corrected chi connectivity index (χ0v) is 14.7. The van der Waals surface area contributed by atoms with Gasteiger partial charge >= 0.3 is 6.18 Å². The standard InChI is InChI=1S/C20H23F3N2O/c1-25(15-17-6-3-2-4-7-17)13-5-12-24-19(26)14-16-8-10-18(11-9-16)20(21,22)23/h2-4,6-11H,5,12-15H2,1H3,(H,24,26). The molecular formula is C20H23F3N2O.